The summed E-state index contributed by atoms with van der Waals surface area (Å²) in [4.78, 5) is 18.1. The van der Waals surface area contributed by atoms with Crippen LogP contribution in [0.25, 0.3) is 22.3 Å². The van der Waals surface area contributed by atoms with E-state index in [1.165, 1.54) is 12.0 Å². The highest BCUT2D eigenvalue weighted by Crippen LogP contribution is 2.42. The quantitative estimate of drug-likeness (QED) is 0.265. The zero-order valence-corrected chi connectivity index (χ0v) is 21.6. The van der Waals surface area contributed by atoms with E-state index in [-0.39, 0.29) is 17.3 Å². The largest absolute Gasteiger partial charge is 0.366 e. The highest BCUT2D eigenvalue weighted by molar-refractivity contribution is 5.93. The molecule has 1 aliphatic heterocycles. The lowest BCUT2D eigenvalue weighted by Crippen LogP contribution is -2.49. The number of hydrogen-bond donors (Lipinski definition) is 3. The first-order valence-electron chi connectivity index (χ1n) is 13.2. The normalized spacial score (nSPS) is 19.2. The van der Waals surface area contributed by atoms with Crippen molar-refractivity contribution >= 4 is 28.2 Å². The molecule has 0 bridgehead atoms. The van der Waals surface area contributed by atoms with E-state index in [4.69, 9.17) is 9.97 Å². The first-order chi connectivity index (χ1) is 18.4. The van der Waals surface area contributed by atoms with Crippen LogP contribution >= 0.6 is 0 Å². The Hall–Kier alpha value is -3.72. The molecule has 1 atom stereocenters. The van der Waals surface area contributed by atoms with Gasteiger partial charge in [-0.1, -0.05) is 32.4 Å². The van der Waals surface area contributed by atoms with Gasteiger partial charge in [0.15, 0.2) is 17.5 Å². The second kappa shape index (κ2) is 9.87. The van der Waals surface area contributed by atoms with Crippen LogP contribution in [-0.2, 0) is 0 Å². The van der Waals surface area contributed by atoms with Gasteiger partial charge in [0.2, 0.25) is 5.95 Å². The topological polar surface area (TPSA) is 87.7 Å². The number of fused-ring (bicyclic) bond motifs is 1. The molecule has 1 aromatic carbocycles. The number of rotatable bonds is 6. The highest BCUT2D eigenvalue weighted by Gasteiger charge is 2.33. The second-order valence-corrected chi connectivity index (χ2v) is 11.0. The van der Waals surface area contributed by atoms with Crippen LogP contribution in [0.2, 0.25) is 0 Å². The molecule has 2 aliphatic rings. The third-order valence-corrected chi connectivity index (χ3v) is 7.82. The van der Waals surface area contributed by atoms with E-state index in [2.05, 4.69) is 39.8 Å². The van der Waals surface area contributed by atoms with Gasteiger partial charge in [-0.3, -0.25) is 4.98 Å². The van der Waals surface area contributed by atoms with Crippen molar-refractivity contribution in [2.75, 3.05) is 23.7 Å². The van der Waals surface area contributed by atoms with Crippen molar-refractivity contribution in [1.82, 2.24) is 25.3 Å². The Morgan fingerprint density at radius 3 is 2.63 bits per heavy atom. The van der Waals surface area contributed by atoms with Crippen molar-refractivity contribution < 1.29 is 8.78 Å². The molecule has 2 fully saturated rings. The Bertz CT molecular complexity index is 1490. The molecule has 4 heterocycles. The van der Waals surface area contributed by atoms with Gasteiger partial charge in [-0.15, -0.1) is 0 Å². The lowest BCUT2D eigenvalue weighted by molar-refractivity contribution is 0.236. The highest BCUT2D eigenvalue weighted by atomic mass is 19.1. The van der Waals surface area contributed by atoms with Crippen molar-refractivity contribution in [3.8, 4) is 11.4 Å². The molecule has 196 valence electrons. The van der Waals surface area contributed by atoms with E-state index in [0.29, 0.717) is 17.4 Å². The SMILES string of the molecule is CC1(C)CNCCC1Nc1nc(-c2cccc(Nc3nc(F)ccc3F)c2)nc2cncc(C3CCC3)c12. The smallest absolute Gasteiger partial charge is 0.214 e. The molecule has 1 aliphatic carbocycles. The Labute approximate surface area is 220 Å². The van der Waals surface area contributed by atoms with Gasteiger partial charge in [0.1, 0.15) is 5.82 Å². The van der Waals surface area contributed by atoms with E-state index < -0.39 is 11.8 Å². The first-order valence-corrected chi connectivity index (χ1v) is 13.2. The number of benzene rings is 1. The van der Waals surface area contributed by atoms with Gasteiger partial charge in [-0.2, -0.15) is 9.37 Å². The molecule has 7 nitrogen and oxygen atoms in total. The molecule has 3 N–H and O–H groups in total. The van der Waals surface area contributed by atoms with Gasteiger partial charge >= 0.3 is 0 Å². The lowest BCUT2D eigenvalue weighted by atomic mass is 9.78. The molecule has 1 unspecified atom stereocenters. The summed E-state index contributed by atoms with van der Waals surface area (Å²) in [5, 5.41) is 11.2. The number of hydrogen-bond acceptors (Lipinski definition) is 7. The summed E-state index contributed by atoms with van der Waals surface area (Å²) in [7, 11) is 0. The van der Waals surface area contributed by atoms with E-state index in [0.717, 1.165) is 66.8 Å². The molecule has 38 heavy (non-hydrogen) atoms. The van der Waals surface area contributed by atoms with E-state index in [9.17, 15) is 8.78 Å². The Balaban J connectivity index is 1.42. The van der Waals surface area contributed by atoms with Crippen molar-refractivity contribution in [2.45, 2.75) is 51.5 Å². The van der Waals surface area contributed by atoms with Gasteiger partial charge in [0, 0.05) is 35.4 Å². The summed E-state index contributed by atoms with van der Waals surface area (Å²) >= 11 is 0. The predicted molar refractivity (Wildman–Crippen MR) is 145 cm³/mol. The van der Waals surface area contributed by atoms with Gasteiger partial charge in [-0.25, -0.2) is 14.4 Å². The molecule has 1 saturated heterocycles. The molecule has 1 saturated carbocycles. The molecule has 6 rings (SSSR count). The summed E-state index contributed by atoms with van der Waals surface area (Å²) in [5.74, 6) is 0.273. The lowest BCUT2D eigenvalue weighted by Gasteiger charge is -2.40. The fourth-order valence-electron chi connectivity index (χ4n) is 5.35. The number of anilines is 3. The number of pyridine rings is 2. The van der Waals surface area contributed by atoms with Gasteiger partial charge in [0.05, 0.1) is 11.7 Å². The summed E-state index contributed by atoms with van der Waals surface area (Å²) in [6, 6.07) is 9.60. The molecular weight excluding hydrogens is 484 g/mol. The van der Waals surface area contributed by atoms with E-state index in [1.54, 1.807) is 12.3 Å². The minimum absolute atomic E-state index is 0.0468. The number of piperidine rings is 1. The van der Waals surface area contributed by atoms with Crippen LogP contribution < -0.4 is 16.0 Å². The zero-order valence-electron chi connectivity index (χ0n) is 21.6. The van der Waals surface area contributed by atoms with Crippen LogP contribution in [0.4, 0.5) is 26.1 Å². The monoisotopic (exact) mass is 515 g/mol. The summed E-state index contributed by atoms with van der Waals surface area (Å²) in [6.07, 6.45) is 8.29. The molecule has 9 heteroatoms. The van der Waals surface area contributed by atoms with Crippen LogP contribution in [-0.4, -0.2) is 39.1 Å². The van der Waals surface area contributed by atoms with Gasteiger partial charge < -0.3 is 16.0 Å². The van der Waals surface area contributed by atoms with Crippen LogP contribution in [0.1, 0.15) is 51.0 Å². The Morgan fingerprint density at radius 1 is 0.974 bits per heavy atom. The maximum absolute atomic E-state index is 14.2. The maximum Gasteiger partial charge on any atom is 0.214 e. The van der Waals surface area contributed by atoms with Crippen molar-refractivity contribution in [2.24, 2.45) is 5.41 Å². The van der Waals surface area contributed by atoms with Gasteiger partial charge in [-0.05, 0) is 67.0 Å². The Morgan fingerprint density at radius 2 is 1.84 bits per heavy atom. The van der Waals surface area contributed by atoms with E-state index in [1.807, 2.05) is 24.4 Å². The minimum atomic E-state index is -0.755. The van der Waals surface area contributed by atoms with Crippen LogP contribution in [0.5, 0.6) is 0 Å². The van der Waals surface area contributed by atoms with Gasteiger partial charge in [0.25, 0.3) is 0 Å². The average molecular weight is 516 g/mol. The average Bonchev–Trinajstić information content (AvgIpc) is 2.86. The van der Waals surface area contributed by atoms with Crippen molar-refractivity contribution in [1.29, 1.82) is 0 Å². The predicted octanol–water partition coefficient (Wildman–Crippen LogP) is 6.18. The fraction of sp³-hybridized carbons (Fsp3) is 0.379. The molecule has 0 amide bonds. The summed E-state index contributed by atoms with van der Waals surface area (Å²) in [5.41, 5.74) is 3.35. The molecule has 4 aromatic rings. The number of halogens is 2. The van der Waals surface area contributed by atoms with E-state index >= 15 is 0 Å². The Kier molecular flexibility index (Phi) is 6.39. The molecule has 0 spiro atoms. The second-order valence-electron chi connectivity index (χ2n) is 11.0. The molecule has 3 aromatic heterocycles. The summed E-state index contributed by atoms with van der Waals surface area (Å²) < 4.78 is 27.8. The number of aromatic nitrogens is 4. The molecule has 0 radical (unpaired) electrons. The van der Waals surface area contributed by atoms with Crippen molar-refractivity contribution in [3.63, 3.8) is 0 Å². The first kappa shape index (κ1) is 24.6. The third kappa shape index (κ3) is 4.78. The fourth-order valence-corrected chi connectivity index (χ4v) is 5.35. The third-order valence-electron chi connectivity index (χ3n) is 7.82. The maximum atomic E-state index is 14.2. The summed E-state index contributed by atoms with van der Waals surface area (Å²) in [6.45, 7) is 6.41. The zero-order chi connectivity index (χ0) is 26.3. The number of nitrogens with one attached hydrogen (secondary N) is 3. The molecular formula is C29H31F2N7. The van der Waals surface area contributed by atoms with Crippen LogP contribution in [0.15, 0.2) is 48.8 Å². The number of nitrogens with zero attached hydrogens (tertiary/aromatic N) is 4. The standard InChI is InChI=1S/C29H31F2N7/c1-29(2)16-32-12-11-23(29)36-28-25-20(17-5-3-6-17)14-33-15-22(25)35-26(38-28)18-7-4-8-19(13-18)34-27-21(30)9-10-24(31)37-27/h4,7-10,13-15,17,23,32H,3,5-6,11-12,16H2,1-2H3,(H,34,37)(H,35,36,38). The van der Waals surface area contributed by atoms with Crippen molar-refractivity contribution in [3.05, 3.63) is 66.1 Å². The minimum Gasteiger partial charge on any atom is -0.366 e. The van der Waals surface area contributed by atoms with Crippen LogP contribution in [0, 0.1) is 17.2 Å². The van der Waals surface area contributed by atoms with Crippen LogP contribution in [0.3, 0.4) is 0 Å².